The van der Waals surface area contributed by atoms with Gasteiger partial charge in [-0.2, -0.15) is 0 Å². The third kappa shape index (κ3) is 7.61. The van der Waals surface area contributed by atoms with E-state index in [1.165, 1.54) is 0 Å². The fourth-order valence-corrected chi connectivity index (χ4v) is 4.74. The lowest BCUT2D eigenvalue weighted by atomic mass is 9.73. The minimum atomic E-state index is -0.0330. The van der Waals surface area contributed by atoms with Crippen molar-refractivity contribution in [3.63, 3.8) is 0 Å². The van der Waals surface area contributed by atoms with E-state index < -0.39 is 0 Å². The molecule has 0 bridgehead atoms. The first-order chi connectivity index (χ1) is 14.1. The van der Waals surface area contributed by atoms with Crippen LogP contribution in [0, 0.1) is 17.8 Å². The molecule has 0 N–H and O–H groups in total. The molecule has 1 aromatic carbocycles. The van der Waals surface area contributed by atoms with Crippen molar-refractivity contribution in [3.05, 3.63) is 29.8 Å². The summed E-state index contributed by atoms with van der Waals surface area (Å²) in [5, 5.41) is 0. The van der Waals surface area contributed by atoms with Crippen LogP contribution in [0.4, 0.5) is 0 Å². The molecule has 0 saturated carbocycles. The number of amides is 1. The lowest BCUT2D eigenvalue weighted by Crippen LogP contribution is -2.39. The molecule has 1 aliphatic rings. The molecule has 0 aliphatic carbocycles. The molecule has 1 heterocycles. The molecule has 4 nitrogen and oxygen atoms in total. The van der Waals surface area contributed by atoms with Crippen molar-refractivity contribution in [2.45, 2.75) is 92.4 Å². The largest absolute Gasteiger partial charge is 0.491 e. The van der Waals surface area contributed by atoms with Gasteiger partial charge in [0, 0.05) is 26.1 Å². The normalized spacial score (nSPS) is 19.7. The Kier molecular flexibility index (Phi) is 9.21. The van der Waals surface area contributed by atoms with E-state index in [1.807, 2.05) is 37.8 Å². The molecule has 1 aromatic rings. The Bertz CT molecular complexity index is 651. The maximum Gasteiger partial charge on any atom is 0.222 e. The fourth-order valence-electron chi connectivity index (χ4n) is 4.74. The summed E-state index contributed by atoms with van der Waals surface area (Å²) in [4.78, 5) is 14.7. The summed E-state index contributed by atoms with van der Waals surface area (Å²) in [6.07, 6.45) is 4.00. The molecule has 4 heteroatoms. The van der Waals surface area contributed by atoms with Crippen molar-refractivity contribution in [2.24, 2.45) is 17.8 Å². The minimum absolute atomic E-state index is 0.0330. The minimum Gasteiger partial charge on any atom is -0.491 e. The van der Waals surface area contributed by atoms with Crippen LogP contribution in [0.3, 0.4) is 0 Å². The molecule has 0 unspecified atom stereocenters. The Morgan fingerprint density at radius 2 is 1.87 bits per heavy atom. The average Bonchev–Trinajstić information content (AvgIpc) is 2.66. The van der Waals surface area contributed by atoms with Crippen molar-refractivity contribution >= 4 is 5.91 Å². The van der Waals surface area contributed by atoms with E-state index >= 15 is 0 Å². The van der Waals surface area contributed by atoms with Gasteiger partial charge in [0.05, 0.1) is 11.7 Å². The first-order valence-corrected chi connectivity index (χ1v) is 11.8. The summed E-state index contributed by atoms with van der Waals surface area (Å²) in [7, 11) is 0. The van der Waals surface area contributed by atoms with Gasteiger partial charge in [-0.05, 0) is 82.4 Å². The third-order valence-corrected chi connectivity index (χ3v) is 6.25. The summed E-state index contributed by atoms with van der Waals surface area (Å²) < 4.78 is 11.7. The highest BCUT2D eigenvalue weighted by atomic mass is 16.5. The lowest BCUT2D eigenvalue weighted by molar-refractivity contribution is -0.132. The van der Waals surface area contributed by atoms with Crippen LogP contribution in [0.2, 0.25) is 0 Å². The van der Waals surface area contributed by atoms with Gasteiger partial charge in [-0.15, -0.1) is 0 Å². The topological polar surface area (TPSA) is 38.8 Å². The predicted octanol–water partition coefficient (Wildman–Crippen LogP) is 6.08. The Hall–Kier alpha value is -1.55. The predicted molar refractivity (Wildman–Crippen MR) is 124 cm³/mol. The molecule has 30 heavy (non-hydrogen) atoms. The fraction of sp³-hybridized carbons (Fsp3) is 0.731. The van der Waals surface area contributed by atoms with Crippen LogP contribution >= 0.6 is 0 Å². The van der Waals surface area contributed by atoms with E-state index in [0.29, 0.717) is 30.7 Å². The van der Waals surface area contributed by atoms with Crippen LogP contribution in [0.25, 0.3) is 0 Å². The standard InChI is InChI=1S/C26H43NO3/c1-8-25(28)27(18-21-9-11-23(12-10-21)30-20(4)5)15-13-24(19(2)3)22-14-16-29-26(6,7)17-22/h9-12,19-20,22,24H,8,13-18H2,1-7H3/t22-,24+/m1/s1. The van der Waals surface area contributed by atoms with Crippen molar-refractivity contribution < 1.29 is 14.3 Å². The summed E-state index contributed by atoms with van der Waals surface area (Å²) in [5.41, 5.74) is 1.12. The van der Waals surface area contributed by atoms with E-state index in [4.69, 9.17) is 9.47 Å². The molecule has 1 amide bonds. The van der Waals surface area contributed by atoms with Crippen LogP contribution in [0.15, 0.2) is 24.3 Å². The molecular formula is C26H43NO3. The van der Waals surface area contributed by atoms with E-state index in [0.717, 1.165) is 43.7 Å². The zero-order valence-corrected chi connectivity index (χ0v) is 20.2. The molecule has 0 spiro atoms. The molecule has 2 atom stereocenters. The molecule has 2 rings (SSSR count). The van der Waals surface area contributed by atoms with Crippen molar-refractivity contribution in [1.29, 1.82) is 0 Å². The molecular weight excluding hydrogens is 374 g/mol. The number of hydrogen-bond acceptors (Lipinski definition) is 3. The van der Waals surface area contributed by atoms with Gasteiger partial charge in [-0.25, -0.2) is 0 Å². The zero-order chi connectivity index (χ0) is 22.3. The van der Waals surface area contributed by atoms with Crippen LogP contribution in [-0.2, 0) is 16.1 Å². The van der Waals surface area contributed by atoms with Gasteiger partial charge in [0.25, 0.3) is 0 Å². The summed E-state index contributed by atoms with van der Waals surface area (Å²) in [6.45, 7) is 17.4. The van der Waals surface area contributed by atoms with Crippen LogP contribution in [0.5, 0.6) is 5.75 Å². The summed E-state index contributed by atoms with van der Waals surface area (Å²) >= 11 is 0. The number of nitrogens with zero attached hydrogens (tertiary/aromatic N) is 1. The van der Waals surface area contributed by atoms with E-state index in [-0.39, 0.29) is 17.6 Å². The van der Waals surface area contributed by atoms with E-state index in [2.05, 4.69) is 39.8 Å². The number of carbonyl (C=O) groups excluding carboxylic acids is 1. The Morgan fingerprint density at radius 3 is 2.40 bits per heavy atom. The first kappa shape index (κ1) is 24.7. The molecule has 1 aliphatic heterocycles. The average molecular weight is 418 g/mol. The third-order valence-electron chi connectivity index (χ3n) is 6.25. The number of hydrogen-bond donors (Lipinski definition) is 0. The van der Waals surface area contributed by atoms with Crippen LogP contribution in [-0.4, -0.2) is 35.7 Å². The van der Waals surface area contributed by atoms with Crippen molar-refractivity contribution in [1.82, 2.24) is 4.90 Å². The Morgan fingerprint density at radius 1 is 1.20 bits per heavy atom. The van der Waals surface area contributed by atoms with E-state index in [9.17, 15) is 4.79 Å². The second kappa shape index (κ2) is 11.2. The van der Waals surface area contributed by atoms with Crippen LogP contribution in [0.1, 0.15) is 79.7 Å². The second-order valence-electron chi connectivity index (χ2n) is 10.0. The highest BCUT2D eigenvalue weighted by Gasteiger charge is 2.34. The van der Waals surface area contributed by atoms with Gasteiger partial charge in [-0.1, -0.05) is 32.9 Å². The smallest absolute Gasteiger partial charge is 0.222 e. The van der Waals surface area contributed by atoms with E-state index in [1.54, 1.807) is 0 Å². The van der Waals surface area contributed by atoms with Gasteiger partial charge in [0.1, 0.15) is 5.75 Å². The summed E-state index contributed by atoms with van der Waals surface area (Å²) in [5.74, 6) is 2.99. The number of carbonyl (C=O) groups is 1. The Labute approximate surface area is 184 Å². The molecule has 0 radical (unpaired) electrons. The number of rotatable bonds is 10. The molecule has 1 saturated heterocycles. The highest BCUT2D eigenvalue weighted by molar-refractivity contribution is 5.75. The SMILES string of the molecule is CCC(=O)N(CC[C@@H](C(C)C)[C@@H]1CCOC(C)(C)C1)Cc1ccc(OC(C)C)cc1. The summed E-state index contributed by atoms with van der Waals surface area (Å²) in [6, 6.07) is 8.17. The maximum atomic E-state index is 12.7. The van der Waals surface area contributed by atoms with Gasteiger partial charge < -0.3 is 14.4 Å². The quantitative estimate of drug-likeness (QED) is 0.463. The van der Waals surface area contributed by atoms with Gasteiger partial charge in [0.15, 0.2) is 0 Å². The number of benzene rings is 1. The van der Waals surface area contributed by atoms with Gasteiger partial charge >= 0.3 is 0 Å². The first-order valence-electron chi connectivity index (χ1n) is 11.8. The van der Waals surface area contributed by atoms with Crippen molar-refractivity contribution in [3.8, 4) is 5.75 Å². The van der Waals surface area contributed by atoms with Crippen molar-refractivity contribution in [2.75, 3.05) is 13.2 Å². The molecule has 170 valence electrons. The lowest BCUT2D eigenvalue weighted by Gasteiger charge is -2.41. The highest BCUT2D eigenvalue weighted by Crippen LogP contribution is 2.38. The molecule has 1 fully saturated rings. The molecule has 0 aromatic heterocycles. The zero-order valence-electron chi connectivity index (χ0n) is 20.2. The number of ether oxygens (including phenoxy) is 2. The van der Waals surface area contributed by atoms with Gasteiger partial charge in [0.2, 0.25) is 5.91 Å². The van der Waals surface area contributed by atoms with Crippen LogP contribution < -0.4 is 4.74 Å². The second-order valence-corrected chi connectivity index (χ2v) is 10.0. The van der Waals surface area contributed by atoms with Gasteiger partial charge in [-0.3, -0.25) is 4.79 Å². The monoisotopic (exact) mass is 417 g/mol. The maximum absolute atomic E-state index is 12.7. The Balaban J connectivity index is 2.03.